The summed E-state index contributed by atoms with van der Waals surface area (Å²) >= 11 is 0. The van der Waals surface area contributed by atoms with Gasteiger partial charge in [0.05, 0.1) is 6.21 Å². The molecule has 3 nitrogen and oxygen atoms in total. The molecule has 1 aliphatic heterocycles. The van der Waals surface area contributed by atoms with Gasteiger partial charge in [-0.15, -0.1) is 0 Å². The maximum atomic E-state index is 3.75. The number of aliphatic imine (C=N–C) groups is 1. The first-order valence-electron chi connectivity index (χ1n) is 6.87. The second-order valence-electron chi connectivity index (χ2n) is 4.14. The Labute approximate surface area is 106 Å². The molecule has 0 fully saturated rings. The van der Waals surface area contributed by atoms with Crippen molar-refractivity contribution in [2.24, 2.45) is 10.1 Å². The van der Waals surface area contributed by atoms with Crippen LogP contribution in [0.3, 0.4) is 0 Å². The zero-order valence-corrected chi connectivity index (χ0v) is 11.4. The lowest BCUT2D eigenvalue weighted by atomic mass is 10.1. The number of nitrogens with zero attached hydrogens (tertiary/aromatic N) is 2. The van der Waals surface area contributed by atoms with Gasteiger partial charge >= 0.3 is 0 Å². The van der Waals surface area contributed by atoms with Crippen molar-refractivity contribution < 1.29 is 0 Å². The van der Waals surface area contributed by atoms with Gasteiger partial charge in [-0.2, -0.15) is 5.10 Å². The van der Waals surface area contributed by atoms with E-state index >= 15 is 0 Å². The Morgan fingerprint density at radius 2 is 1.41 bits per heavy atom. The zero-order chi connectivity index (χ0) is 12.6. The Hall–Kier alpha value is -1.12. The normalized spacial score (nSPS) is 12.6. The van der Waals surface area contributed by atoms with Crippen molar-refractivity contribution in [2.45, 2.75) is 65.2 Å². The van der Waals surface area contributed by atoms with Crippen LogP contribution >= 0.6 is 0 Å². The molecule has 0 saturated heterocycles. The fourth-order valence-electron chi connectivity index (χ4n) is 1.49. The largest absolute Gasteiger partial charge is 0.284 e. The fraction of sp³-hybridized carbons (Fsp3) is 0.714. The molecule has 3 heteroatoms. The number of unbranched alkanes of at least 4 members (excludes halogenated alkanes) is 7. The Morgan fingerprint density at radius 3 is 2.00 bits per heavy atom. The van der Waals surface area contributed by atoms with Gasteiger partial charge in [0.2, 0.25) is 0 Å². The second kappa shape index (κ2) is 14.9. The maximum absolute atomic E-state index is 3.75. The van der Waals surface area contributed by atoms with E-state index < -0.39 is 0 Å². The Balaban J connectivity index is 0.000000318. The highest BCUT2D eigenvalue weighted by Gasteiger charge is 1.87. The Bertz CT molecular complexity index is 198. The van der Waals surface area contributed by atoms with E-state index in [9.17, 15) is 0 Å². The molecule has 1 N–H and O–H groups in total. The highest BCUT2D eigenvalue weighted by molar-refractivity contribution is 6.16. The summed E-state index contributed by atoms with van der Waals surface area (Å²) in [5.74, 6) is 0. The topological polar surface area (TPSA) is 36.8 Å². The number of nitrogens with one attached hydrogen (secondary N) is 1. The number of hydrogen-bond donors (Lipinski definition) is 1. The average Bonchev–Trinajstić information content (AvgIpc) is 2.67. The van der Waals surface area contributed by atoms with Gasteiger partial charge in [0.25, 0.3) is 0 Å². The molecule has 1 heterocycles. The predicted octanol–water partition coefficient (Wildman–Crippen LogP) is 4.26. The lowest BCUT2D eigenvalue weighted by Crippen LogP contribution is -1.90. The number of hydrogen-bond acceptors (Lipinski definition) is 3. The first kappa shape index (κ1) is 15.9. The molecular formula is C14H27N3. The summed E-state index contributed by atoms with van der Waals surface area (Å²) < 4.78 is 0. The second-order valence-corrected chi connectivity index (χ2v) is 4.14. The molecule has 0 spiro atoms. The first-order chi connectivity index (χ1) is 8.41. The monoisotopic (exact) mass is 237 g/mol. The molecule has 1 aliphatic rings. The van der Waals surface area contributed by atoms with E-state index in [0.717, 1.165) is 0 Å². The summed E-state index contributed by atoms with van der Waals surface area (Å²) in [6.45, 7) is 4.54. The lowest BCUT2D eigenvalue weighted by molar-refractivity contribution is 0.585. The summed E-state index contributed by atoms with van der Waals surface area (Å²) in [7, 11) is 0. The van der Waals surface area contributed by atoms with Crippen LogP contribution in [0.1, 0.15) is 65.2 Å². The molecule has 0 saturated carbocycles. The van der Waals surface area contributed by atoms with Gasteiger partial charge in [0, 0.05) is 18.6 Å². The third kappa shape index (κ3) is 14.9. The van der Waals surface area contributed by atoms with Gasteiger partial charge < -0.3 is 0 Å². The first-order valence-corrected chi connectivity index (χ1v) is 6.87. The minimum atomic E-state index is 1.37. The predicted molar refractivity (Wildman–Crippen MR) is 77.5 cm³/mol. The van der Waals surface area contributed by atoms with Crippen LogP contribution < -0.4 is 5.43 Å². The third-order valence-corrected chi connectivity index (χ3v) is 2.49. The van der Waals surface area contributed by atoms with E-state index in [1.807, 2.05) is 0 Å². The average molecular weight is 237 g/mol. The minimum Gasteiger partial charge on any atom is -0.284 e. The molecule has 0 atom stereocenters. The summed E-state index contributed by atoms with van der Waals surface area (Å²) in [5, 5.41) is 3.66. The molecule has 17 heavy (non-hydrogen) atoms. The molecule has 0 radical (unpaired) electrons. The van der Waals surface area contributed by atoms with Crippen molar-refractivity contribution in [3.63, 3.8) is 0 Å². The molecule has 0 amide bonds. The van der Waals surface area contributed by atoms with Gasteiger partial charge in [-0.05, 0) is 0 Å². The summed E-state index contributed by atoms with van der Waals surface area (Å²) in [6, 6.07) is 0. The quantitative estimate of drug-likeness (QED) is 0.660. The molecule has 98 valence electrons. The zero-order valence-electron chi connectivity index (χ0n) is 11.4. The van der Waals surface area contributed by atoms with Gasteiger partial charge in [-0.25, -0.2) is 0 Å². The molecule has 0 aliphatic carbocycles. The van der Waals surface area contributed by atoms with Crippen LogP contribution in [0.15, 0.2) is 22.5 Å². The van der Waals surface area contributed by atoms with Crippen LogP contribution in [-0.2, 0) is 0 Å². The van der Waals surface area contributed by atoms with Crippen molar-refractivity contribution >= 4 is 12.4 Å². The standard InChI is InChI=1S/C10H22.C4H5N3/c1-3-5-7-9-10-8-6-4-2;1-3-6-7-4-2-5-1/h3-10H2,1-2H3;1-4,6H. The van der Waals surface area contributed by atoms with E-state index in [1.54, 1.807) is 24.8 Å². The van der Waals surface area contributed by atoms with Crippen LogP contribution in [0.2, 0.25) is 0 Å². The third-order valence-electron chi connectivity index (χ3n) is 2.49. The van der Waals surface area contributed by atoms with Gasteiger partial charge in [0.15, 0.2) is 0 Å². The van der Waals surface area contributed by atoms with E-state index in [0.29, 0.717) is 0 Å². The summed E-state index contributed by atoms with van der Waals surface area (Å²) in [5.41, 5.74) is 2.61. The highest BCUT2D eigenvalue weighted by atomic mass is 15.3. The number of hydrazone groups is 1. The maximum Gasteiger partial charge on any atom is 0.0654 e. The van der Waals surface area contributed by atoms with Crippen LogP contribution in [0.25, 0.3) is 0 Å². The van der Waals surface area contributed by atoms with E-state index in [1.165, 1.54) is 51.4 Å². The van der Waals surface area contributed by atoms with E-state index in [2.05, 4.69) is 29.4 Å². The SMILES string of the molecule is C1=CNN=CC=N1.CCCCCCCCCC. The molecule has 0 aromatic carbocycles. The molecule has 1 rings (SSSR count). The smallest absolute Gasteiger partial charge is 0.0654 e. The van der Waals surface area contributed by atoms with Crippen molar-refractivity contribution in [3.05, 3.63) is 12.4 Å². The van der Waals surface area contributed by atoms with Crippen molar-refractivity contribution in [1.82, 2.24) is 5.43 Å². The Morgan fingerprint density at radius 1 is 0.824 bits per heavy atom. The molecule has 0 bridgehead atoms. The molecule has 0 unspecified atom stereocenters. The van der Waals surface area contributed by atoms with Crippen molar-refractivity contribution in [3.8, 4) is 0 Å². The van der Waals surface area contributed by atoms with Gasteiger partial charge in [-0.1, -0.05) is 65.2 Å². The Kier molecular flexibility index (Phi) is 13.9. The fourth-order valence-corrected chi connectivity index (χ4v) is 1.49. The summed E-state index contributed by atoms with van der Waals surface area (Å²) in [4.78, 5) is 3.75. The van der Waals surface area contributed by atoms with Gasteiger partial charge in [0.1, 0.15) is 0 Å². The van der Waals surface area contributed by atoms with Crippen LogP contribution in [0, 0.1) is 0 Å². The molecule has 0 aromatic heterocycles. The summed E-state index contributed by atoms with van der Waals surface area (Å²) in [6.07, 6.45) is 17.9. The van der Waals surface area contributed by atoms with E-state index in [-0.39, 0.29) is 0 Å². The molecular weight excluding hydrogens is 210 g/mol. The van der Waals surface area contributed by atoms with Gasteiger partial charge in [-0.3, -0.25) is 10.4 Å². The van der Waals surface area contributed by atoms with E-state index in [4.69, 9.17) is 0 Å². The van der Waals surface area contributed by atoms with Crippen LogP contribution in [-0.4, -0.2) is 12.4 Å². The van der Waals surface area contributed by atoms with Crippen molar-refractivity contribution in [1.29, 1.82) is 0 Å². The lowest BCUT2D eigenvalue weighted by Gasteiger charge is -1.97. The van der Waals surface area contributed by atoms with Crippen LogP contribution in [0.4, 0.5) is 0 Å². The molecule has 0 aromatic rings. The number of rotatable bonds is 7. The minimum absolute atomic E-state index is 1.37. The van der Waals surface area contributed by atoms with Crippen LogP contribution in [0.5, 0.6) is 0 Å². The van der Waals surface area contributed by atoms with Crippen molar-refractivity contribution in [2.75, 3.05) is 0 Å². The highest BCUT2D eigenvalue weighted by Crippen LogP contribution is 2.07.